The molecular weight excluding hydrogens is 342 g/mol. The Labute approximate surface area is 160 Å². The Morgan fingerprint density at radius 1 is 1.19 bits per heavy atom. The van der Waals surface area contributed by atoms with Gasteiger partial charge in [-0.3, -0.25) is 4.90 Å². The largest absolute Gasteiger partial charge is 0.465 e. The lowest BCUT2D eigenvalue weighted by molar-refractivity contribution is 0.122. The van der Waals surface area contributed by atoms with Crippen LogP contribution in [0.5, 0.6) is 0 Å². The molecule has 4 rings (SSSR count). The minimum atomic E-state index is 0.412. The average molecular weight is 371 g/mol. The summed E-state index contributed by atoms with van der Waals surface area (Å²) in [5.74, 6) is 3.82. The Morgan fingerprint density at radius 3 is 2.81 bits per heavy atom. The molecular formula is C20H29N5O2. The summed E-state index contributed by atoms with van der Waals surface area (Å²) < 4.78 is 11.2. The number of nitrogens with zero attached hydrogens (tertiary/aromatic N) is 5. The van der Waals surface area contributed by atoms with Gasteiger partial charge < -0.3 is 19.0 Å². The molecule has 2 saturated heterocycles. The van der Waals surface area contributed by atoms with E-state index in [0.29, 0.717) is 6.04 Å². The van der Waals surface area contributed by atoms with E-state index in [9.17, 15) is 0 Å². The van der Waals surface area contributed by atoms with Crippen LogP contribution in [-0.4, -0.2) is 67.4 Å². The van der Waals surface area contributed by atoms with Crippen LogP contribution in [0, 0.1) is 6.92 Å². The maximum absolute atomic E-state index is 5.75. The predicted molar refractivity (Wildman–Crippen MR) is 105 cm³/mol. The van der Waals surface area contributed by atoms with Gasteiger partial charge in [0, 0.05) is 38.9 Å². The number of ether oxygens (including phenoxy) is 1. The Hall–Kier alpha value is -2.12. The van der Waals surface area contributed by atoms with Gasteiger partial charge in [-0.05, 0) is 44.5 Å². The van der Waals surface area contributed by atoms with Crippen LogP contribution in [0.4, 0.5) is 11.8 Å². The molecule has 2 fully saturated rings. The quantitative estimate of drug-likeness (QED) is 0.799. The Morgan fingerprint density at radius 2 is 2.04 bits per heavy atom. The molecule has 4 heterocycles. The second-order valence-electron chi connectivity index (χ2n) is 7.47. The van der Waals surface area contributed by atoms with E-state index >= 15 is 0 Å². The Kier molecular flexibility index (Phi) is 5.59. The fraction of sp³-hybridized carbons (Fsp3) is 0.600. The van der Waals surface area contributed by atoms with Crippen molar-refractivity contribution in [2.45, 2.75) is 32.4 Å². The summed E-state index contributed by atoms with van der Waals surface area (Å²) in [7, 11) is 2.11. The first-order valence-electron chi connectivity index (χ1n) is 9.85. The van der Waals surface area contributed by atoms with E-state index in [2.05, 4.69) is 32.8 Å². The van der Waals surface area contributed by atoms with Crippen LogP contribution in [0.1, 0.15) is 24.4 Å². The number of hydrogen-bond acceptors (Lipinski definition) is 7. The molecule has 0 bridgehead atoms. The maximum atomic E-state index is 5.75. The normalized spacial score (nSPS) is 21.4. The number of aryl methyl sites for hydroxylation is 1. The van der Waals surface area contributed by atoms with Crippen molar-refractivity contribution in [3.63, 3.8) is 0 Å². The van der Waals surface area contributed by atoms with E-state index in [1.165, 1.54) is 6.42 Å². The first kappa shape index (κ1) is 18.3. The van der Waals surface area contributed by atoms with Gasteiger partial charge in [0.2, 0.25) is 5.95 Å². The summed E-state index contributed by atoms with van der Waals surface area (Å²) in [5.41, 5.74) is 0. The zero-order chi connectivity index (χ0) is 18.6. The monoisotopic (exact) mass is 371 g/mol. The van der Waals surface area contributed by atoms with Crippen LogP contribution in [0.2, 0.25) is 0 Å². The molecule has 0 N–H and O–H groups in total. The molecule has 2 aliphatic heterocycles. The minimum Gasteiger partial charge on any atom is -0.465 e. The number of rotatable bonds is 5. The van der Waals surface area contributed by atoms with E-state index in [0.717, 1.165) is 75.6 Å². The second kappa shape index (κ2) is 8.27. The molecule has 0 spiro atoms. The molecule has 0 radical (unpaired) electrons. The van der Waals surface area contributed by atoms with Crippen molar-refractivity contribution in [2.24, 2.45) is 0 Å². The summed E-state index contributed by atoms with van der Waals surface area (Å²) in [6.45, 7) is 8.28. The number of morpholine rings is 1. The summed E-state index contributed by atoms with van der Waals surface area (Å²) in [4.78, 5) is 16.4. The predicted octanol–water partition coefficient (Wildman–Crippen LogP) is 2.32. The van der Waals surface area contributed by atoms with Gasteiger partial charge in [-0.15, -0.1) is 0 Å². The van der Waals surface area contributed by atoms with Gasteiger partial charge >= 0.3 is 0 Å². The van der Waals surface area contributed by atoms with Crippen molar-refractivity contribution in [1.29, 1.82) is 0 Å². The molecule has 0 saturated carbocycles. The van der Waals surface area contributed by atoms with E-state index in [-0.39, 0.29) is 0 Å². The lowest BCUT2D eigenvalue weighted by Crippen LogP contribution is -2.47. The van der Waals surface area contributed by atoms with Gasteiger partial charge in [-0.2, -0.15) is 4.98 Å². The zero-order valence-electron chi connectivity index (χ0n) is 16.3. The fourth-order valence-corrected chi connectivity index (χ4v) is 3.92. The summed E-state index contributed by atoms with van der Waals surface area (Å²) in [6.07, 6.45) is 4.21. The van der Waals surface area contributed by atoms with Crippen LogP contribution in [-0.2, 0) is 11.3 Å². The van der Waals surface area contributed by atoms with Crippen LogP contribution >= 0.6 is 0 Å². The Balaban J connectivity index is 1.41. The van der Waals surface area contributed by atoms with Crippen molar-refractivity contribution < 1.29 is 9.15 Å². The molecule has 7 heteroatoms. The molecule has 0 aliphatic carbocycles. The third-order valence-electron chi connectivity index (χ3n) is 5.48. The SMILES string of the molecule is Cc1ccc(CN2CCCC(N(C)c3nccc(N4CCOCC4)n3)C2)o1. The average Bonchev–Trinajstić information content (AvgIpc) is 3.13. The van der Waals surface area contributed by atoms with E-state index in [4.69, 9.17) is 14.1 Å². The summed E-state index contributed by atoms with van der Waals surface area (Å²) in [5, 5.41) is 0. The van der Waals surface area contributed by atoms with Crippen LogP contribution < -0.4 is 9.80 Å². The number of likely N-dealkylation sites (tertiary alicyclic amines) is 1. The number of piperidine rings is 1. The van der Waals surface area contributed by atoms with E-state index in [1.807, 2.05) is 25.3 Å². The number of likely N-dealkylation sites (N-methyl/N-ethyl adjacent to an activating group) is 1. The van der Waals surface area contributed by atoms with Crippen LogP contribution in [0.3, 0.4) is 0 Å². The number of furan rings is 1. The Bertz CT molecular complexity index is 743. The van der Waals surface area contributed by atoms with E-state index < -0.39 is 0 Å². The van der Waals surface area contributed by atoms with Crippen molar-refractivity contribution in [1.82, 2.24) is 14.9 Å². The van der Waals surface area contributed by atoms with E-state index in [1.54, 1.807) is 0 Å². The van der Waals surface area contributed by atoms with Gasteiger partial charge in [-0.1, -0.05) is 0 Å². The van der Waals surface area contributed by atoms with Gasteiger partial charge in [0.25, 0.3) is 0 Å². The van der Waals surface area contributed by atoms with Crippen molar-refractivity contribution in [2.75, 3.05) is 56.2 Å². The van der Waals surface area contributed by atoms with Gasteiger partial charge in [0.1, 0.15) is 17.3 Å². The molecule has 2 aromatic heterocycles. The molecule has 2 aromatic rings. The summed E-state index contributed by atoms with van der Waals surface area (Å²) in [6, 6.07) is 6.52. The fourth-order valence-electron chi connectivity index (χ4n) is 3.92. The molecule has 1 atom stereocenters. The second-order valence-corrected chi connectivity index (χ2v) is 7.47. The lowest BCUT2D eigenvalue weighted by atomic mass is 10.0. The van der Waals surface area contributed by atoms with Gasteiger partial charge in [-0.25, -0.2) is 4.98 Å². The first-order chi connectivity index (χ1) is 13.2. The smallest absolute Gasteiger partial charge is 0.227 e. The molecule has 0 amide bonds. The topological polar surface area (TPSA) is 57.9 Å². The molecule has 146 valence electrons. The molecule has 27 heavy (non-hydrogen) atoms. The number of hydrogen-bond donors (Lipinski definition) is 0. The molecule has 1 unspecified atom stereocenters. The highest BCUT2D eigenvalue weighted by atomic mass is 16.5. The molecule has 7 nitrogen and oxygen atoms in total. The highest BCUT2D eigenvalue weighted by Crippen LogP contribution is 2.22. The summed E-state index contributed by atoms with van der Waals surface area (Å²) >= 11 is 0. The molecule has 2 aliphatic rings. The maximum Gasteiger partial charge on any atom is 0.227 e. The van der Waals surface area contributed by atoms with Crippen molar-refractivity contribution in [3.05, 3.63) is 35.9 Å². The third kappa shape index (κ3) is 4.42. The highest BCUT2D eigenvalue weighted by molar-refractivity contribution is 5.44. The standard InChI is InChI=1S/C20H29N5O2/c1-16-5-6-18(27-16)15-24-9-3-4-17(14-24)23(2)20-21-8-7-19(22-20)25-10-12-26-13-11-25/h5-8,17H,3-4,9-15H2,1-2H3. The minimum absolute atomic E-state index is 0.412. The zero-order valence-corrected chi connectivity index (χ0v) is 16.3. The number of aromatic nitrogens is 2. The van der Waals surface area contributed by atoms with Crippen molar-refractivity contribution >= 4 is 11.8 Å². The van der Waals surface area contributed by atoms with Crippen molar-refractivity contribution in [3.8, 4) is 0 Å². The first-order valence-corrected chi connectivity index (χ1v) is 9.85. The third-order valence-corrected chi connectivity index (χ3v) is 5.48. The van der Waals surface area contributed by atoms with Gasteiger partial charge in [0.15, 0.2) is 0 Å². The molecule has 0 aromatic carbocycles. The van der Waals surface area contributed by atoms with Gasteiger partial charge in [0.05, 0.1) is 19.8 Å². The van der Waals surface area contributed by atoms with Crippen LogP contribution in [0.25, 0.3) is 0 Å². The highest BCUT2D eigenvalue weighted by Gasteiger charge is 2.26. The lowest BCUT2D eigenvalue weighted by Gasteiger charge is -2.37. The number of anilines is 2. The van der Waals surface area contributed by atoms with Crippen LogP contribution in [0.15, 0.2) is 28.8 Å².